The van der Waals surface area contributed by atoms with E-state index in [0.717, 1.165) is 41.5 Å². The Balaban J connectivity index is 1.71. The molecule has 2 heterocycles. The molecule has 0 bridgehead atoms. The molecule has 3 rings (SSSR count). The Labute approximate surface area is 151 Å². The van der Waals surface area contributed by atoms with Gasteiger partial charge < -0.3 is 10.1 Å². The number of amides is 1. The number of carbonyl (C=O) groups is 1. The highest BCUT2D eigenvalue weighted by atomic mass is 32.2. The molecule has 0 unspecified atom stereocenters. The number of rotatable bonds is 5. The van der Waals surface area contributed by atoms with E-state index in [-0.39, 0.29) is 17.8 Å². The van der Waals surface area contributed by atoms with E-state index >= 15 is 0 Å². The van der Waals surface area contributed by atoms with Crippen LogP contribution in [0.2, 0.25) is 0 Å². The van der Waals surface area contributed by atoms with Crippen LogP contribution in [0.15, 0.2) is 23.2 Å². The molecule has 0 spiro atoms. The zero-order valence-electron chi connectivity index (χ0n) is 14.5. The zero-order valence-corrected chi connectivity index (χ0v) is 15.3. The largest absolute Gasteiger partial charge is 0.376 e. The first-order valence-electron chi connectivity index (χ1n) is 8.40. The van der Waals surface area contributed by atoms with Gasteiger partial charge in [-0.2, -0.15) is 5.26 Å². The SMILES string of the molecule is Cc1ccc(C)c2nc(SCC(=O)NC[C@H]3CCCO3)c(C#N)cc12. The Bertz CT molecular complexity index is 839. The highest BCUT2D eigenvalue weighted by Gasteiger charge is 2.17. The van der Waals surface area contributed by atoms with Crippen molar-refractivity contribution < 1.29 is 9.53 Å². The number of nitriles is 1. The van der Waals surface area contributed by atoms with Crippen molar-refractivity contribution in [3.8, 4) is 6.07 Å². The second kappa shape index (κ2) is 7.85. The van der Waals surface area contributed by atoms with E-state index in [9.17, 15) is 10.1 Å². The molecule has 1 aromatic heterocycles. The molecule has 1 N–H and O–H groups in total. The number of aromatic nitrogens is 1. The summed E-state index contributed by atoms with van der Waals surface area (Å²) in [6.07, 6.45) is 2.19. The third kappa shape index (κ3) is 4.12. The topological polar surface area (TPSA) is 75.0 Å². The number of thioether (sulfide) groups is 1. The van der Waals surface area contributed by atoms with Crippen molar-refractivity contribution in [2.45, 2.75) is 37.8 Å². The Kier molecular flexibility index (Phi) is 5.57. The summed E-state index contributed by atoms with van der Waals surface area (Å²) in [5.41, 5.74) is 3.56. The molecule has 0 radical (unpaired) electrons. The van der Waals surface area contributed by atoms with Gasteiger partial charge in [-0.05, 0) is 43.9 Å². The van der Waals surface area contributed by atoms with E-state index < -0.39 is 0 Å². The van der Waals surface area contributed by atoms with Gasteiger partial charge in [0, 0.05) is 18.5 Å². The molecule has 5 nitrogen and oxygen atoms in total. The molecule has 1 aromatic carbocycles. The fraction of sp³-hybridized carbons (Fsp3) is 0.421. The summed E-state index contributed by atoms with van der Waals surface area (Å²) in [6, 6.07) is 8.13. The lowest BCUT2D eigenvalue weighted by molar-refractivity contribution is -0.119. The molecule has 1 aliphatic heterocycles. The number of hydrogen-bond donors (Lipinski definition) is 1. The number of nitrogens with one attached hydrogen (secondary N) is 1. The molecular formula is C19H21N3O2S. The maximum atomic E-state index is 12.1. The van der Waals surface area contributed by atoms with Gasteiger partial charge in [0.05, 0.1) is 22.9 Å². The second-order valence-electron chi connectivity index (χ2n) is 6.28. The lowest BCUT2D eigenvalue weighted by atomic mass is 10.0. The third-order valence-electron chi connectivity index (χ3n) is 4.38. The number of ether oxygens (including phenoxy) is 1. The van der Waals surface area contributed by atoms with Crippen LogP contribution < -0.4 is 5.32 Å². The van der Waals surface area contributed by atoms with Crippen molar-refractivity contribution in [2.75, 3.05) is 18.9 Å². The quantitative estimate of drug-likeness (QED) is 0.834. The normalized spacial score (nSPS) is 16.8. The van der Waals surface area contributed by atoms with Gasteiger partial charge >= 0.3 is 0 Å². The minimum Gasteiger partial charge on any atom is -0.376 e. The fourth-order valence-corrected chi connectivity index (χ4v) is 3.71. The standard InChI is InChI=1S/C19H21N3O2S/c1-12-5-6-13(2)18-16(12)8-14(9-20)19(22-18)25-11-17(23)21-10-15-4-3-7-24-15/h5-6,8,15H,3-4,7,10-11H2,1-2H3,(H,21,23)/t15-/m1/s1. The van der Waals surface area contributed by atoms with Crippen LogP contribution in [0.25, 0.3) is 10.9 Å². The van der Waals surface area contributed by atoms with Crippen LogP contribution in [0, 0.1) is 25.2 Å². The summed E-state index contributed by atoms with van der Waals surface area (Å²) in [4.78, 5) is 16.7. The van der Waals surface area contributed by atoms with Crippen LogP contribution in [0.5, 0.6) is 0 Å². The predicted octanol–water partition coefficient (Wildman–Crippen LogP) is 3.11. The van der Waals surface area contributed by atoms with E-state index in [0.29, 0.717) is 17.1 Å². The summed E-state index contributed by atoms with van der Waals surface area (Å²) >= 11 is 1.31. The van der Waals surface area contributed by atoms with Crippen molar-refractivity contribution in [1.82, 2.24) is 10.3 Å². The van der Waals surface area contributed by atoms with Gasteiger partial charge in [-0.3, -0.25) is 4.79 Å². The predicted molar refractivity (Wildman–Crippen MR) is 98.6 cm³/mol. The number of fused-ring (bicyclic) bond motifs is 1. The third-order valence-corrected chi connectivity index (χ3v) is 5.37. The fourth-order valence-electron chi connectivity index (χ4n) is 2.92. The van der Waals surface area contributed by atoms with Gasteiger partial charge in [0.1, 0.15) is 11.1 Å². The van der Waals surface area contributed by atoms with E-state index in [1.54, 1.807) is 0 Å². The Hall–Kier alpha value is -2.10. The minimum absolute atomic E-state index is 0.0627. The number of aryl methyl sites for hydroxylation is 2. The van der Waals surface area contributed by atoms with Crippen LogP contribution in [-0.4, -0.2) is 35.9 Å². The van der Waals surface area contributed by atoms with Crippen LogP contribution in [0.3, 0.4) is 0 Å². The Morgan fingerprint density at radius 2 is 2.24 bits per heavy atom. The molecule has 1 atom stereocenters. The molecule has 1 saturated heterocycles. The van der Waals surface area contributed by atoms with Gasteiger partial charge in [-0.25, -0.2) is 4.98 Å². The van der Waals surface area contributed by atoms with Crippen LogP contribution in [-0.2, 0) is 9.53 Å². The maximum absolute atomic E-state index is 12.1. The lowest BCUT2D eigenvalue weighted by Gasteiger charge is -2.11. The van der Waals surface area contributed by atoms with E-state index in [2.05, 4.69) is 16.4 Å². The van der Waals surface area contributed by atoms with E-state index in [4.69, 9.17) is 4.74 Å². The van der Waals surface area contributed by atoms with Crippen molar-refractivity contribution >= 4 is 28.6 Å². The average molecular weight is 355 g/mol. The summed E-state index contributed by atoms with van der Waals surface area (Å²) < 4.78 is 5.50. The molecule has 0 aliphatic carbocycles. The molecule has 130 valence electrons. The molecule has 6 heteroatoms. The molecule has 0 saturated carbocycles. The van der Waals surface area contributed by atoms with Gasteiger partial charge in [-0.1, -0.05) is 23.9 Å². The second-order valence-corrected chi connectivity index (χ2v) is 7.24. The van der Waals surface area contributed by atoms with Gasteiger partial charge in [0.2, 0.25) is 5.91 Å². The molecule has 1 fully saturated rings. The van der Waals surface area contributed by atoms with Gasteiger partial charge in [-0.15, -0.1) is 0 Å². The number of nitrogens with zero attached hydrogens (tertiary/aromatic N) is 2. The first kappa shape index (κ1) is 17.7. The number of carbonyl (C=O) groups excluding carboxylic acids is 1. The Morgan fingerprint density at radius 3 is 2.96 bits per heavy atom. The van der Waals surface area contributed by atoms with E-state index in [1.165, 1.54) is 11.8 Å². The van der Waals surface area contributed by atoms with Crippen molar-refractivity contribution in [1.29, 1.82) is 5.26 Å². The zero-order chi connectivity index (χ0) is 17.8. The van der Waals surface area contributed by atoms with Crippen molar-refractivity contribution in [3.05, 3.63) is 34.9 Å². The number of benzene rings is 1. The van der Waals surface area contributed by atoms with Crippen LogP contribution >= 0.6 is 11.8 Å². The number of hydrogen-bond acceptors (Lipinski definition) is 5. The first-order valence-corrected chi connectivity index (χ1v) is 9.39. The summed E-state index contributed by atoms with van der Waals surface area (Å²) in [5.74, 6) is 0.178. The monoisotopic (exact) mass is 355 g/mol. The van der Waals surface area contributed by atoms with Gasteiger partial charge in [0.25, 0.3) is 0 Å². The lowest BCUT2D eigenvalue weighted by Crippen LogP contribution is -2.32. The van der Waals surface area contributed by atoms with Crippen molar-refractivity contribution in [2.24, 2.45) is 0 Å². The summed E-state index contributed by atoms with van der Waals surface area (Å²) in [6.45, 7) is 5.34. The van der Waals surface area contributed by atoms with Crippen molar-refractivity contribution in [3.63, 3.8) is 0 Å². The molecule has 1 aliphatic rings. The highest BCUT2D eigenvalue weighted by Crippen LogP contribution is 2.28. The van der Waals surface area contributed by atoms with Crippen LogP contribution in [0.1, 0.15) is 29.5 Å². The van der Waals surface area contributed by atoms with Crippen LogP contribution in [0.4, 0.5) is 0 Å². The first-order chi connectivity index (χ1) is 12.1. The molecule has 25 heavy (non-hydrogen) atoms. The minimum atomic E-state index is -0.0627. The van der Waals surface area contributed by atoms with E-state index in [1.807, 2.05) is 32.0 Å². The maximum Gasteiger partial charge on any atom is 0.230 e. The van der Waals surface area contributed by atoms with Gasteiger partial charge in [0.15, 0.2) is 0 Å². The Morgan fingerprint density at radius 1 is 1.44 bits per heavy atom. The molecule has 1 amide bonds. The summed E-state index contributed by atoms with van der Waals surface area (Å²) in [7, 11) is 0. The highest BCUT2D eigenvalue weighted by molar-refractivity contribution is 8.00. The smallest absolute Gasteiger partial charge is 0.230 e. The summed E-state index contributed by atoms with van der Waals surface area (Å²) in [5, 5.41) is 13.9. The molecular weight excluding hydrogens is 334 g/mol. The molecule has 2 aromatic rings. The average Bonchev–Trinajstić information content (AvgIpc) is 3.14. The number of pyridine rings is 1.